The highest BCUT2D eigenvalue weighted by Crippen LogP contribution is 2.56. The average molecular weight is 254 g/mol. The highest BCUT2D eigenvalue weighted by molar-refractivity contribution is 5.85. The highest BCUT2D eigenvalue weighted by Gasteiger charge is 2.57. The molecule has 1 heterocycles. The Kier molecular flexibility index (Phi) is 3.37. The Morgan fingerprint density at radius 2 is 2.00 bits per heavy atom. The van der Waals surface area contributed by atoms with E-state index in [1.54, 1.807) is 0 Å². The summed E-state index contributed by atoms with van der Waals surface area (Å²) < 4.78 is 5.66. The normalized spacial score (nSPS) is 29.7. The number of rotatable bonds is 3. The third kappa shape index (κ3) is 2.16. The number of piperidine rings is 1. The molecule has 94 valence electrons. The molecule has 3 heteroatoms. The molecule has 0 spiro atoms. The molecule has 2 atom stereocenters. The van der Waals surface area contributed by atoms with E-state index in [2.05, 4.69) is 43.4 Å². The molecular weight excluding hydrogens is 234 g/mol. The highest BCUT2D eigenvalue weighted by atomic mass is 35.5. The molecule has 17 heavy (non-hydrogen) atoms. The maximum atomic E-state index is 5.66. The number of nitrogens with one attached hydrogen (secondary N) is 1. The first-order valence-electron chi connectivity index (χ1n) is 6.19. The van der Waals surface area contributed by atoms with Crippen molar-refractivity contribution in [3.05, 3.63) is 29.8 Å². The number of fused-ring (bicyclic) bond motifs is 1. The van der Waals surface area contributed by atoms with E-state index in [9.17, 15) is 0 Å². The maximum Gasteiger partial charge on any atom is 0.119 e. The van der Waals surface area contributed by atoms with Gasteiger partial charge in [0.2, 0.25) is 0 Å². The Balaban J connectivity index is 0.00000108. The van der Waals surface area contributed by atoms with E-state index in [1.165, 1.54) is 18.5 Å². The van der Waals surface area contributed by atoms with Gasteiger partial charge in [-0.15, -0.1) is 12.4 Å². The van der Waals surface area contributed by atoms with Gasteiger partial charge in [-0.1, -0.05) is 12.1 Å². The maximum absolute atomic E-state index is 5.66. The quantitative estimate of drug-likeness (QED) is 0.895. The minimum absolute atomic E-state index is 0. The zero-order chi connectivity index (χ0) is 11.2. The van der Waals surface area contributed by atoms with Crippen LogP contribution in [0.25, 0.3) is 0 Å². The molecule has 2 nitrogen and oxygen atoms in total. The summed E-state index contributed by atoms with van der Waals surface area (Å²) in [6, 6.07) is 8.70. The molecule has 0 aromatic heterocycles. The second-order valence-electron chi connectivity index (χ2n) is 5.38. The number of halogens is 1. The summed E-state index contributed by atoms with van der Waals surface area (Å²) >= 11 is 0. The van der Waals surface area contributed by atoms with Crippen molar-refractivity contribution in [1.29, 1.82) is 0 Å². The molecule has 1 saturated carbocycles. The lowest BCUT2D eigenvalue weighted by Gasteiger charge is -2.14. The summed E-state index contributed by atoms with van der Waals surface area (Å²) in [5.74, 6) is 1.86. The van der Waals surface area contributed by atoms with E-state index in [0.717, 1.165) is 18.2 Å². The van der Waals surface area contributed by atoms with E-state index in [1.807, 2.05) is 0 Å². The van der Waals surface area contributed by atoms with Gasteiger partial charge in [0.15, 0.2) is 0 Å². The summed E-state index contributed by atoms with van der Waals surface area (Å²) in [6.07, 6.45) is 1.62. The molecule has 0 amide bonds. The van der Waals surface area contributed by atoms with Crippen molar-refractivity contribution in [2.45, 2.75) is 31.8 Å². The van der Waals surface area contributed by atoms with Crippen LogP contribution in [0.1, 0.15) is 25.8 Å². The third-order valence-electron chi connectivity index (χ3n) is 3.86. The minimum Gasteiger partial charge on any atom is -0.491 e. The topological polar surface area (TPSA) is 21.3 Å². The lowest BCUT2D eigenvalue weighted by Crippen LogP contribution is -2.19. The van der Waals surface area contributed by atoms with E-state index >= 15 is 0 Å². The second kappa shape index (κ2) is 4.51. The van der Waals surface area contributed by atoms with Gasteiger partial charge in [0.05, 0.1) is 6.10 Å². The monoisotopic (exact) mass is 253 g/mol. The minimum atomic E-state index is 0. The van der Waals surface area contributed by atoms with Crippen molar-refractivity contribution in [2.75, 3.05) is 13.1 Å². The number of hydrogen-bond acceptors (Lipinski definition) is 2. The van der Waals surface area contributed by atoms with Gasteiger partial charge in [-0.3, -0.25) is 0 Å². The van der Waals surface area contributed by atoms with Crippen LogP contribution >= 0.6 is 12.4 Å². The van der Waals surface area contributed by atoms with E-state index < -0.39 is 0 Å². The van der Waals surface area contributed by atoms with Crippen molar-refractivity contribution in [1.82, 2.24) is 5.32 Å². The van der Waals surface area contributed by atoms with Crippen LogP contribution in [-0.2, 0) is 5.41 Å². The number of ether oxygens (including phenoxy) is 1. The number of benzene rings is 1. The van der Waals surface area contributed by atoms with Crippen LogP contribution < -0.4 is 10.1 Å². The predicted octanol–water partition coefficient (Wildman–Crippen LogP) is 2.76. The van der Waals surface area contributed by atoms with Gasteiger partial charge in [0.1, 0.15) is 5.75 Å². The van der Waals surface area contributed by atoms with Crippen molar-refractivity contribution in [3.8, 4) is 5.75 Å². The molecular formula is C14H20ClNO. The van der Waals surface area contributed by atoms with Crippen LogP contribution in [0, 0.1) is 5.92 Å². The molecule has 1 aromatic carbocycles. The van der Waals surface area contributed by atoms with Crippen molar-refractivity contribution < 1.29 is 4.74 Å². The van der Waals surface area contributed by atoms with Crippen LogP contribution in [0.3, 0.4) is 0 Å². The zero-order valence-electron chi connectivity index (χ0n) is 10.4. The Morgan fingerprint density at radius 3 is 2.47 bits per heavy atom. The Hall–Kier alpha value is -0.730. The van der Waals surface area contributed by atoms with Crippen molar-refractivity contribution in [3.63, 3.8) is 0 Å². The van der Waals surface area contributed by atoms with Gasteiger partial charge >= 0.3 is 0 Å². The lowest BCUT2D eigenvalue weighted by atomic mass is 9.95. The van der Waals surface area contributed by atoms with Gasteiger partial charge in [0, 0.05) is 12.0 Å². The summed E-state index contributed by atoms with van der Waals surface area (Å²) in [5.41, 5.74) is 1.95. The summed E-state index contributed by atoms with van der Waals surface area (Å²) in [6.45, 7) is 6.47. The molecule has 1 N–H and O–H groups in total. The van der Waals surface area contributed by atoms with Crippen LogP contribution in [0.4, 0.5) is 0 Å². The molecule has 2 unspecified atom stereocenters. The Morgan fingerprint density at radius 1 is 1.29 bits per heavy atom. The van der Waals surface area contributed by atoms with Crippen LogP contribution in [0.15, 0.2) is 24.3 Å². The zero-order valence-corrected chi connectivity index (χ0v) is 11.2. The largest absolute Gasteiger partial charge is 0.491 e. The molecule has 1 saturated heterocycles. The van der Waals surface area contributed by atoms with Gasteiger partial charge in [-0.2, -0.15) is 0 Å². The molecule has 0 radical (unpaired) electrons. The fourth-order valence-corrected chi connectivity index (χ4v) is 2.93. The SMILES string of the molecule is CC(C)Oc1ccc(C23CNCC2C3)cc1.Cl. The molecule has 1 aliphatic heterocycles. The lowest BCUT2D eigenvalue weighted by molar-refractivity contribution is 0.242. The van der Waals surface area contributed by atoms with Gasteiger partial charge in [-0.05, 0) is 50.4 Å². The van der Waals surface area contributed by atoms with E-state index in [0.29, 0.717) is 5.41 Å². The summed E-state index contributed by atoms with van der Waals surface area (Å²) in [4.78, 5) is 0. The Bertz CT molecular complexity index is 390. The second-order valence-corrected chi connectivity index (χ2v) is 5.38. The van der Waals surface area contributed by atoms with Crippen LogP contribution in [0.2, 0.25) is 0 Å². The first-order valence-corrected chi connectivity index (χ1v) is 6.19. The first kappa shape index (κ1) is 12.7. The van der Waals surface area contributed by atoms with Crippen LogP contribution in [-0.4, -0.2) is 19.2 Å². The van der Waals surface area contributed by atoms with Crippen molar-refractivity contribution >= 4 is 12.4 Å². The fraction of sp³-hybridized carbons (Fsp3) is 0.571. The van der Waals surface area contributed by atoms with Crippen LogP contribution in [0.5, 0.6) is 5.75 Å². The molecule has 1 aliphatic carbocycles. The molecule has 0 bridgehead atoms. The van der Waals surface area contributed by atoms with Gasteiger partial charge in [-0.25, -0.2) is 0 Å². The standard InChI is InChI=1S/C14H19NO.ClH/c1-10(2)16-13-5-3-11(4-6-13)14-7-12(14)8-15-9-14;/h3-6,10,12,15H,7-9H2,1-2H3;1H. The summed E-state index contributed by atoms with van der Waals surface area (Å²) in [7, 11) is 0. The molecule has 2 fully saturated rings. The fourth-order valence-electron chi connectivity index (χ4n) is 2.93. The third-order valence-corrected chi connectivity index (χ3v) is 3.86. The van der Waals surface area contributed by atoms with Gasteiger partial charge < -0.3 is 10.1 Å². The number of hydrogen-bond donors (Lipinski definition) is 1. The van der Waals surface area contributed by atoms with Crippen molar-refractivity contribution in [2.24, 2.45) is 5.92 Å². The molecule has 1 aromatic rings. The first-order chi connectivity index (χ1) is 7.71. The molecule has 2 aliphatic rings. The van der Waals surface area contributed by atoms with E-state index in [4.69, 9.17) is 4.74 Å². The Labute approximate surface area is 109 Å². The average Bonchev–Trinajstić information content (AvgIpc) is 2.82. The predicted molar refractivity (Wildman–Crippen MR) is 72.1 cm³/mol. The molecule has 3 rings (SSSR count). The smallest absolute Gasteiger partial charge is 0.119 e. The summed E-state index contributed by atoms with van der Waals surface area (Å²) in [5, 5.41) is 3.48. The van der Waals surface area contributed by atoms with Gasteiger partial charge in [0.25, 0.3) is 0 Å². The van der Waals surface area contributed by atoms with E-state index in [-0.39, 0.29) is 18.5 Å².